The summed E-state index contributed by atoms with van der Waals surface area (Å²) in [7, 11) is 0. The molecule has 0 amide bonds. The van der Waals surface area contributed by atoms with E-state index in [0.717, 1.165) is 12.6 Å². The fourth-order valence-electron chi connectivity index (χ4n) is 2.74. The Morgan fingerprint density at radius 2 is 1.92 bits per heavy atom. The van der Waals surface area contributed by atoms with Crippen LogP contribution in [0.4, 0.5) is 0 Å². The van der Waals surface area contributed by atoms with Crippen molar-refractivity contribution in [2.24, 2.45) is 0 Å². The van der Waals surface area contributed by atoms with Crippen LogP contribution >= 0.6 is 0 Å². The Bertz CT molecular complexity index is 202. The van der Waals surface area contributed by atoms with E-state index in [2.05, 4.69) is 30.2 Å². The van der Waals surface area contributed by atoms with Gasteiger partial charge in [-0.05, 0) is 26.7 Å². The Morgan fingerprint density at radius 3 is 2.46 bits per heavy atom. The van der Waals surface area contributed by atoms with Crippen molar-refractivity contribution in [1.82, 2.24) is 9.80 Å². The summed E-state index contributed by atoms with van der Waals surface area (Å²) in [6, 6.07) is 1.39. The highest BCUT2D eigenvalue weighted by atomic mass is 15.3. The summed E-state index contributed by atoms with van der Waals surface area (Å²) in [6.07, 6.45) is 2.66. The normalized spacial score (nSPS) is 34.1. The predicted octanol–water partition coefficient (Wildman–Crippen LogP) is 1.69. The zero-order valence-electron chi connectivity index (χ0n) is 8.79. The topological polar surface area (TPSA) is 6.48 Å². The molecule has 0 atom stereocenters. The molecule has 13 heavy (non-hydrogen) atoms. The molecule has 2 nitrogen and oxygen atoms in total. The average Bonchev–Trinajstić information content (AvgIpc) is 2.30. The SMILES string of the molecule is C=C1CN2CCC(CC2)N1C(C)C. The highest BCUT2D eigenvalue weighted by molar-refractivity contribution is 5.06. The van der Waals surface area contributed by atoms with Gasteiger partial charge in [-0.3, -0.25) is 4.90 Å². The molecule has 3 saturated heterocycles. The van der Waals surface area contributed by atoms with E-state index in [0.29, 0.717) is 6.04 Å². The molecule has 3 rings (SSSR count). The fraction of sp³-hybridized carbons (Fsp3) is 0.818. The lowest BCUT2D eigenvalue weighted by molar-refractivity contribution is 0.171. The zero-order valence-corrected chi connectivity index (χ0v) is 8.79. The maximum atomic E-state index is 4.20. The molecule has 0 aromatic heterocycles. The van der Waals surface area contributed by atoms with Crippen LogP contribution in [0.5, 0.6) is 0 Å². The number of hydrogen-bond acceptors (Lipinski definition) is 2. The van der Waals surface area contributed by atoms with Gasteiger partial charge in [0.05, 0.1) is 0 Å². The monoisotopic (exact) mass is 180 g/mol. The second-order valence-electron chi connectivity index (χ2n) is 4.57. The maximum absolute atomic E-state index is 4.20. The van der Waals surface area contributed by atoms with Crippen LogP contribution in [-0.2, 0) is 0 Å². The molecular formula is C11H20N2. The lowest BCUT2D eigenvalue weighted by Gasteiger charge is -2.36. The Balaban J connectivity index is 2.19. The van der Waals surface area contributed by atoms with Crippen LogP contribution in [0, 0.1) is 0 Å². The minimum atomic E-state index is 0.621. The number of hydrogen-bond donors (Lipinski definition) is 0. The van der Waals surface area contributed by atoms with Gasteiger partial charge in [-0.15, -0.1) is 0 Å². The standard InChI is InChI=1S/C11H20N2/c1-9(2)13-10(3)8-12-6-4-11(13)5-7-12/h9,11H,3-8H2,1-2H3. The maximum Gasteiger partial charge on any atom is 0.0378 e. The van der Waals surface area contributed by atoms with E-state index in [-0.39, 0.29) is 0 Å². The highest BCUT2D eigenvalue weighted by Crippen LogP contribution is 2.27. The van der Waals surface area contributed by atoms with Gasteiger partial charge in [0.2, 0.25) is 0 Å². The molecule has 2 bridgehead atoms. The first-order chi connectivity index (χ1) is 6.18. The van der Waals surface area contributed by atoms with E-state index in [1.54, 1.807) is 0 Å². The van der Waals surface area contributed by atoms with Crippen LogP contribution < -0.4 is 0 Å². The molecule has 0 radical (unpaired) electrons. The first kappa shape index (κ1) is 9.07. The molecule has 0 unspecified atom stereocenters. The van der Waals surface area contributed by atoms with Crippen molar-refractivity contribution >= 4 is 0 Å². The first-order valence-corrected chi connectivity index (χ1v) is 5.37. The van der Waals surface area contributed by atoms with Crippen LogP contribution in [0.2, 0.25) is 0 Å². The molecular weight excluding hydrogens is 160 g/mol. The van der Waals surface area contributed by atoms with E-state index in [9.17, 15) is 0 Å². The van der Waals surface area contributed by atoms with E-state index >= 15 is 0 Å². The fourth-order valence-corrected chi connectivity index (χ4v) is 2.74. The van der Waals surface area contributed by atoms with Crippen LogP contribution in [0.3, 0.4) is 0 Å². The van der Waals surface area contributed by atoms with Crippen molar-refractivity contribution in [3.05, 3.63) is 12.3 Å². The first-order valence-electron chi connectivity index (χ1n) is 5.37. The van der Waals surface area contributed by atoms with Gasteiger partial charge < -0.3 is 4.90 Å². The Labute approximate surface area is 81.2 Å². The smallest absolute Gasteiger partial charge is 0.0378 e. The molecule has 0 spiro atoms. The molecule has 0 aromatic rings. The van der Waals surface area contributed by atoms with Gasteiger partial charge in [-0.1, -0.05) is 6.58 Å². The van der Waals surface area contributed by atoms with Gasteiger partial charge in [0.15, 0.2) is 0 Å². The molecule has 3 aliphatic rings. The Morgan fingerprint density at radius 1 is 1.31 bits per heavy atom. The summed E-state index contributed by atoms with van der Waals surface area (Å²) in [5.74, 6) is 0. The van der Waals surface area contributed by atoms with E-state index in [1.165, 1.54) is 31.6 Å². The van der Waals surface area contributed by atoms with Crippen molar-refractivity contribution in [3.63, 3.8) is 0 Å². The Kier molecular flexibility index (Phi) is 2.33. The highest BCUT2D eigenvalue weighted by Gasteiger charge is 2.31. The number of fused-ring (bicyclic) bond motifs is 4. The largest absolute Gasteiger partial charge is 0.369 e. The van der Waals surface area contributed by atoms with Gasteiger partial charge in [0, 0.05) is 37.4 Å². The molecule has 0 N–H and O–H groups in total. The van der Waals surface area contributed by atoms with Crippen LogP contribution in [-0.4, -0.2) is 41.5 Å². The summed E-state index contributed by atoms with van der Waals surface area (Å²) in [4.78, 5) is 5.06. The van der Waals surface area contributed by atoms with Crippen LogP contribution in [0.15, 0.2) is 12.3 Å². The summed E-state index contributed by atoms with van der Waals surface area (Å²) >= 11 is 0. The number of rotatable bonds is 1. The quantitative estimate of drug-likeness (QED) is 0.606. The van der Waals surface area contributed by atoms with Crippen molar-refractivity contribution in [1.29, 1.82) is 0 Å². The third-order valence-corrected chi connectivity index (χ3v) is 3.28. The van der Waals surface area contributed by atoms with E-state index < -0.39 is 0 Å². The van der Waals surface area contributed by atoms with Crippen LogP contribution in [0.1, 0.15) is 26.7 Å². The molecule has 3 fully saturated rings. The van der Waals surface area contributed by atoms with E-state index in [1.807, 2.05) is 0 Å². The van der Waals surface area contributed by atoms with Gasteiger partial charge in [-0.2, -0.15) is 0 Å². The van der Waals surface area contributed by atoms with E-state index in [4.69, 9.17) is 0 Å². The second kappa shape index (κ2) is 3.33. The summed E-state index contributed by atoms with van der Waals surface area (Å²) in [6.45, 7) is 12.4. The molecule has 74 valence electrons. The van der Waals surface area contributed by atoms with Gasteiger partial charge in [0.1, 0.15) is 0 Å². The third-order valence-electron chi connectivity index (χ3n) is 3.28. The van der Waals surface area contributed by atoms with Gasteiger partial charge in [0.25, 0.3) is 0 Å². The molecule has 0 saturated carbocycles. The molecule has 0 aliphatic carbocycles. The van der Waals surface area contributed by atoms with Crippen molar-refractivity contribution in [2.75, 3.05) is 19.6 Å². The third kappa shape index (κ3) is 1.60. The minimum absolute atomic E-state index is 0.621. The molecule has 2 heteroatoms. The number of nitrogens with zero attached hydrogens (tertiary/aromatic N) is 2. The summed E-state index contributed by atoms with van der Waals surface area (Å²) < 4.78 is 0. The lowest BCUT2D eigenvalue weighted by atomic mass is 10.0. The predicted molar refractivity (Wildman–Crippen MR) is 55.6 cm³/mol. The Hall–Kier alpha value is -0.500. The van der Waals surface area contributed by atoms with Gasteiger partial charge in [-0.25, -0.2) is 0 Å². The molecule has 3 aliphatic heterocycles. The average molecular weight is 180 g/mol. The van der Waals surface area contributed by atoms with Crippen LogP contribution in [0.25, 0.3) is 0 Å². The lowest BCUT2D eigenvalue weighted by Crippen LogP contribution is -2.40. The van der Waals surface area contributed by atoms with Gasteiger partial charge >= 0.3 is 0 Å². The summed E-state index contributed by atoms with van der Waals surface area (Å²) in [5.41, 5.74) is 1.33. The number of piperidine rings is 1. The zero-order chi connectivity index (χ0) is 9.42. The van der Waals surface area contributed by atoms with Crippen molar-refractivity contribution in [3.8, 4) is 0 Å². The summed E-state index contributed by atoms with van der Waals surface area (Å²) in [5, 5.41) is 0. The minimum Gasteiger partial charge on any atom is -0.369 e. The molecule has 3 heterocycles. The second-order valence-corrected chi connectivity index (χ2v) is 4.57. The van der Waals surface area contributed by atoms with Crippen molar-refractivity contribution < 1.29 is 0 Å². The van der Waals surface area contributed by atoms with Crippen molar-refractivity contribution in [2.45, 2.75) is 38.8 Å². The molecule has 0 aromatic carbocycles.